The molecule has 0 bridgehead atoms. The molecule has 0 fully saturated rings. The second kappa shape index (κ2) is 9.18. The lowest BCUT2D eigenvalue weighted by Crippen LogP contribution is -2.91. The summed E-state index contributed by atoms with van der Waals surface area (Å²) in [5.41, 5.74) is 0.300. The monoisotopic (exact) mass is 361 g/mol. The van der Waals surface area contributed by atoms with Crippen molar-refractivity contribution >= 4 is 28.7 Å². The van der Waals surface area contributed by atoms with Crippen molar-refractivity contribution in [2.24, 2.45) is 0 Å². The third-order valence-corrected chi connectivity index (χ3v) is 4.27. The van der Waals surface area contributed by atoms with E-state index < -0.39 is 40.8 Å². The number of carboxylic acid groups (broad SMARTS) is 3. The molecule has 1 heterocycles. The lowest BCUT2D eigenvalue weighted by atomic mass is 10.00. The molecule has 0 radical (unpaired) electrons. The molecule has 0 spiro atoms. The summed E-state index contributed by atoms with van der Waals surface area (Å²) in [4.78, 5) is 33.2. The van der Waals surface area contributed by atoms with E-state index in [4.69, 9.17) is 15.3 Å². The largest absolute Gasteiger partial charge is 0.480 e. The molecular weight excluding hydrogens is 340 g/mol. The molecule has 3 atom stereocenters. The summed E-state index contributed by atoms with van der Waals surface area (Å²) in [6.45, 7) is 0.248. The Hall–Kier alpha value is -2.20. The van der Waals surface area contributed by atoms with E-state index in [1.165, 1.54) is 17.6 Å². The number of quaternary nitrogens is 1. The lowest BCUT2D eigenvalue weighted by molar-refractivity contribution is -0.669. The Morgan fingerprint density at radius 3 is 2.58 bits per heavy atom. The Morgan fingerprint density at radius 2 is 2.08 bits per heavy atom. The Morgan fingerprint density at radius 1 is 1.42 bits per heavy atom. The van der Waals surface area contributed by atoms with Gasteiger partial charge in [-0.2, -0.15) is 0 Å². The zero-order chi connectivity index (χ0) is 18.3. The van der Waals surface area contributed by atoms with Crippen LogP contribution in [0, 0.1) is 0 Å². The van der Waals surface area contributed by atoms with Crippen LogP contribution in [0.5, 0.6) is 0 Å². The first kappa shape index (κ1) is 19.8. The standard InChI is InChI=1S/C14H20N2O7S/c1-24(23)5-3-9(12(17)18)15-4-2-8-6-10(13(19)20)16-11(7-8)14(21)22/h2,6,9,11,15-16H,3-5,7H2,1H3,(H,17,18)(H,19,20)(H,21,22)/p+1/b8-2-/t9-,11-,24+/m1/s1. The van der Waals surface area contributed by atoms with Crippen LogP contribution in [0.1, 0.15) is 12.8 Å². The summed E-state index contributed by atoms with van der Waals surface area (Å²) in [7, 11) is -1.08. The van der Waals surface area contributed by atoms with Gasteiger partial charge in [0, 0.05) is 35.6 Å². The molecular formula is C14H21N2O7S+. The van der Waals surface area contributed by atoms with Gasteiger partial charge >= 0.3 is 17.9 Å². The van der Waals surface area contributed by atoms with Gasteiger partial charge in [-0.25, -0.2) is 14.4 Å². The highest BCUT2D eigenvalue weighted by atomic mass is 32.2. The first-order chi connectivity index (χ1) is 11.2. The molecule has 0 unspecified atom stereocenters. The Balaban J connectivity index is 2.74. The summed E-state index contributed by atoms with van der Waals surface area (Å²) in [5, 5.41) is 31.1. The maximum Gasteiger partial charge on any atom is 0.362 e. The van der Waals surface area contributed by atoms with Crippen LogP contribution in [0.15, 0.2) is 23.4 Å². The molecule has 6 N–H and O–H groups in total. The fourth-order valence-corrected chi connectivity index (χ4v) is 2.78. The Kier molecular flexibility index (Phi) is 7.59. The summed E-state index contributed by atoms with van der Waals surface area (Å²) in [6, 6.07) is -1.80. The molecule has 24 heavy (non-hydrogen) atoms. The van der Waals surface area contributed by atoms with Gasteiger partial charge in [0.05, 0.1) is 6.54 Å². The fourth-order valence-electron chi connectivity index (χ4n) is 2.19. The van der Waals surface area contributed by atoms with E-state index in [1.54, 1.807) is 6.08 Å². The zero-order valence-corrected chi connectivity index (χ0v) is 13.9. The molecule has 0 amide bonds. The minimum Gasteiger partial charge on any atom is -0.480 e. The Labute approximate surface area is 140 Å². The molecule has 0 aliphatic carbocycles. The zero-order valence-electron chi connectivity index (χ0n) is 13.1. The topological polar surface area (TPSA) is 158 Å². The number of nitrogens with two attached hydrogens (primary N) is 1. The molecule has 9 nitrogen and oxygen atoms in total. The molecule has 0 aromatic rings. The summed E-state index contributed by atoms with van der Waals surface area (Å²) in [6.07, 6.45) is 4.80. The van der Waals surface area contributed by atoms with Gasteiger partial charge < -0.3 is 26.0 Å². The predicted octanol–water partition coefficient (Wildman–Crippen LogP) is -1.89. The van der Waals surface area contributed by atoms with Gasteiger partial charge in [0.15, 0.2) is 6.04 Å². The third kappa shape index (κ3) is 6.50. The quantitative estimate of drug-likeness (QED) is 0.319. The van der Waals surface area contributed by atoms with E-state index in [2.05, 4.69) is 5.32 Å². The lowest BCUT2D eigenvalue weighted by Gasteiger charge is -2.22. The number of carboxylic acids is 3. The number of allylic oxidation sites excluding steroid dienone is 1. The van der Waals surface area contributed by atoms with E-state index in [1.807, 2.05) is 0 Å². The average molecular weight is 361 g/mol. The second-order valence-corrected chi connectivity index (χ2v) is 6.92. The van der Waals surface area contributed by atoms with Gasteiger partial charge in [0.1, 0.15) is 11.7 Å². The van der Waals surface area contributed by atoms with Crippen molar-refractivity contribution in [3.63, 3.8) is 0 Å². The van der Waals surface area contributed by atoms with Crippen molar-refractivity contribution in [3.05, 3.63) is 23.4 Å². The number of hydrogen-bond donors (Lipinski definition) is 5. The molecule has 0 aromatic heterocycles. The van der Waals surface area contributed by atoms with E-state index in [9.17, 15) is 18.6 Å². The van der Waals surface area contributed by atoms with Crippen LogP contribution < -0.4 is 10.6 Å². The SMILES string of the molecule is C[S@](=O)CC[C@@H]([NH2+]C/C=C1/C=C(C(=O)O)N[C@@H](C(=O)O)C1)C(=O)O. The van der Waals surface area contributed by atoms with E-state index >= 15 is 0 Å². The van der Waals surface area contributed by atoms with Crippen molar-refractivity contribution in [1.29, 1.82) is 0 Å². The van der Waals surface area contributed by atoms with Crippen molar-refractivity contribution in [3.8, 4) is 0 Å². The highest BCUT2D eigenvalue weighted by molar-refractivity contribution is 7.84. The van der Waals surface area contributed by atoms with Crippen molar-refractivity contribution in [2.75, 3.05) is 18.6 Å². The van der Waals surface area contributed by atoms with Crippen LogP contribution in [-0.4, -0.2) is 68.1 Å². The minimum atomic E-state index is -1.26. The normalized spacial score (nSPS) is 21.5. The first-order valence-corrected chi connectivity index (χ1v) is 8.93. The predicted molar refractivity (Wildman–Crippen MR) is 84.7 cm³/mol. The molecule has 10 heteroatoms. The van der Waals surface area contributed by atoms with Crippen LogP contribution >= 0.6 is 0 Å². The smallest absolute Gasteiger partial charge is 0.362 e. The van der Waals surface area contributed by atoms with Crippen LogP contribution in [0.25, 0.3) is 0 Å². The number of carbonyl (C=O) groups is 3. The van der Waals surface area contributed by atoms with Crippen LogP contribution in [0.2, 0.25) is 0 Å². The van der Waals surface area contributed by atoms with E-state index in [0.29, 0.717) is 5.57 Å². The van der Waals surface area contributed by atoms with Gasteiger partial charge in [0.2, 0.25) is 0 Å². The highest BCUT2D eigenvalue weighted by Gasteiger charge is 2.26. The Bertz CT molecular complexity index is 600. The molecule has 0 aromatic carbocycles. The van der Waals surface area contributed by atoms with E-state index in [-0.39, 0.29) is 30.8 Å². The van der Waals surface area contributed by atoms with Crippen molar-refractivity contribution < 1.29 is 39.2 Å². The highest BCUT2D eigenvalue weighted by Crippen LogP contribution is 2.16. The van der Waals surface area contributed by atoms with Gasteiger partial charge in [-0.3, -0.25) is 4.21 Å². The van der Waals surface area contributed by atoms with Crippen LogP contribution in [-0.2, 0) is 25.2 Å². The van der Waals surface area contributed by atoms with Crippen LogP contribution in [0.3, 0.4) is 0 Å². The van der Waals surface area contributed by atoms with Gasteiger partial charge in [-0.15, -0.1) is 0 Å². The van der Waals surface area contributed by atoms with Crippen molar-refractivity contribution in [2.45, 2.75) is 24.9 Å². The maximum absolute atomic E-state index is 11.1. The first-order valence-electron chi connectivity index (χ1n) is 7.20. The van der Waals surface area contributed by atoms with Gasteiger partial charge in [0.25, 0.3) is 0 Å². The third-order valence-electron chi connectivity index (χ3n) is 3.46. The van der Waals surface area contributed by atoms with Crippen LogP contribution in [0.4, 0.5) is 0 Å². The van der Waals surface area contributed by atoms with E-state index in [0.717, 1.165) is 0 Å². The number of hydrogen-bond acceptors (Lipinski definition) is 5. The second-order valence-electron chi connectivity index (χ2n) is 5.36. The molecule has 1 aliphatic rings. The number of aliphatic carboxylic acids is 3. The summed E-state index contributed by atoms with van der Waals surface area (Å²) in [5.74, 6) is -3.16. The average Bonchev–Trinajstić information content (AvgIpc) is 2.49. The van der Waals surface area contributed by atoms with Crippen molar-refractivity contribution in [1.82, 2.24) is 5.32 Å². The fraction of sp³-hybridized carbons (Fsp3) is 0.500. The van der Waals surface area contributed by atoms with Gasteiger partial charge in [-0.1, -0.05) is 0 Å². The molecule has 0 saturated heterocycles. The molecule has 0 saturated carbocycles. The molecule has 1 rings (SSSR count). The minimum absolute atomic E-state index is 0.108. The molecule has 134 valence electrons. The number of rotatable bonds is 9. The van der Waals surface area contributed by atoms with Gasteiger partial charge in [-0.05, 0) is 17.7 Å². The summed E-state index contributed by atoms with van der Waals surface area (Å²) >= 11 is 0. The number of nitrogens with one attached hydrogen (secondary N) is 1. The maximum atomic E-state index is 11.1. The molecule has 1 aliphatic heterocycles. The summed E-state index contributed by atoms with van der Waals surface area (Å²) < 4.78 is 11.1.